The van der Waals surface area contributed by atoms with Crippen molar-refractivity contribution in [2.45, 2.75) is 25.6 Å². The lowest BCUT2D eigenvalue weighted by molar-refractivity contribution is -0.119. The lowest BCUT2D eigenvalue weighted by Gasteiger charge is -2.19. The number of halogens is 1. The molecule has 0 spiro atoms. The van der Waals surface area contributed by atoms with Crippen LogP contribution in [0.15, 0.2) is 18.2 Å². The lowest BCUT2D eigenvalue weighted by Crippen LogP contribution is -2.27. The van der Waals surface area contributed by atoms with Crippen molar-refractivity contribution in [3.8, 4) is 5.75 Å². The minimum Gasteiger partial charge on any atom is -0.495 e. The van der Waals surface area contributed by atoms with E-state index in [2.05, 4.69) is 5.32 Å². The average molecular weight is 288 g/mol. The molecule has 0 saturated carbocycles. The van der Waals surface area contributed by atoms with Gasteiger partial charge in [-0.3, -0.25) is 4.79 Å². The summed E-state index contributed by atoms with van der Waals surface area (Å²) in [6, 6.07) is 4.80. The monoisotopic (exact) mass is 287 g/mol. The number of nitrogens with one attached hydrogen (secondary N) is 1. The molecule has 0 aromatic heterocycles. The van der Waals surface area contributed by atoms with Crippen molar-refractivity contribution in [3.05, 3.63) is 28.8 Å². The van der Waals surface area contributed by atoms with E-state index in [-0.39, 0.29) is 12.3 Å². The van der Waals surface area contributed by atoms with Crippen LogP contribution in [0.4, 0.5) is 0 Å². The van der Waals surface area contributed by atoms with Gasteiger partial charge in [0.25, 0.3) is 0 Å². The number of aliphatic hydroxyl groups is 2. The Morgan fingerprint density at radius 2 is 2.16 bits per heavy atom. The zero-order valence-corrected chi connectivity index (χ0v) is 11.6. The summed E-state index contributed by atoms with van der Waals surface area (Å²) in [5.74, 6) is 0.266. The number of carbonyl (C=O) groups excluding carboxylic acids is 1. The smallest absolute Gasteiger partial charge is 0.216 e. The van der Waals surface area contributed by atoms with Gasteiger partial charge in [0.2, 0.25) is 5.91 Å². The summed E-state index contributed by atoms with van der Waals surface area (Å²) in [5, 5.41) is 22.8. The Kier molecular flexibility index (Phi) is 6.08. The largest absolute Gasteiger partial charge is 0.495 e. The van der Waals surface area contributed by atoms with Crippen LogP contribution in [0.5, 0.6) is 5.75 Å². The standard InChI is InChI=1S/C13H18ClNO4/c1-8(16)15-6-5-11(17)13(18)9-3-4-10(14)12(7-9)19-2/h3-4,7,11,13,17-18H,5-6H2,1-2H3,(H,15,16). The molecule has 1 rings (SSSR count). The van der Waals surface area contributed by atoms with Crippen LogP contribution in [0.1, 0.15) is 25.0 Å². The highest BCUT2D eigenvalue weighted by molar-refractivity contribution is 6.32. The van der Waals surface area contributed by atoms with E-state index < -0.39 is 12.2 Å². The Balaban J connectivity index is 2.65. The first-order valence-electron chi connectivity index (χ1n) is 5.89. The van der Waals surface area contributed by atoms with Gasteiger partial charge >= 0.3 is 0 Å². The van der Waals surface area contributed by atoms with Crippen LogP contribution in [0.2, 0.25) is 5.02 Å². The first kappa shape index (κ1) is 15.8. The van der Waals surface area contributed by atoms with Gasteiger partial charge in [0.1, 0.15) is 11.9 Å². The average Bonchev–Trinajstić information content (AvgIpc) is 2.38. The molecule has 0 aliphatic heterocycles. The number of hydrogen-bond acceptors (Lipinski definition) is 4. The molecule has 19 heavy (non-hydrogen) atoms. The van der Waals surface area contributed by atoms with Gasteiger partial charge < -0.3 is 20.3 Å². The van der Waals surface area contributed by atoms with Gasteiger partial charge in [-0.15, -0.1) is 0 Å². The van der Waals surface area contributed by atoms with Crippen molar-refractivity contribution in [2.24, 2.45) is 0 Å². The molecule has 6 heteroatoms. The highest BCUT2D eigenvalue weighted by Crippen LogP contribution is 2.29. The molecular formula is C13H18ClNO4. The lowest BCUT2D eigenvalue weighted by atomic mass is 10.0. The third-order valence-electron chi connectivity index (χ3n) is 2.70. The molecule has 1 aromatic carbocycles. The Morgan fingerprint density at radius 1 is 1.47 bits per heavy atom. The Morgan fingerprint density at radius 3 is 2.74 bits per heavy atom. The predicted octanol–water partition coefficient (Wildman–Crippen LogP) is 1.27. The van der Waals surface area contributed by atoms with Gasteiger partial charge in [0.05, 0.1) is 18.2 Å². The van der Waals surface area contributed by atoms with Crippen LogP contribution >= 0.6 is 11.6 Å². The third kappa shape index (κ3) is 4.70. The predicted molar refractivity (Wildman–Crippen MR) is 72.3 cm³/mol. The summed E-state index contributed by atoms with van der Waals surface area (Å²) in [6.45, 7) is 1.70. The molecule has 1 amide bonds. The number of ether oxygens (including phenoxy) is 1. The van der Waals surface area contributed by atoms with Gasteiger partial charge in [-0.25, -0.2) is 0 Å². The minimum absolute atomic E-state index is 0.171. The quantitative estimate of drug-likeness (QED) is 0.736. The maximum atomic E-state index is 10.7. The summed E-state index contributed by atoms with van der Waals surface area (Å²) in [4.78, 5) is 10.7. The number of carbonyl (C=O) groups is 1. The van der Waals surface area contributed by atoms with E-state index in [1.54, 1.807) is 18.2 Å². The number of rotatable bonds is 6. The fourth-order valence-electron chi connectivity index (χ4n) is 1.64. The second-order valence-electron chi connectivity index (χ2n) is 4.18. The summed E-state index contributed by atoms with van der Waals surface area (Å²) in [5.41, 5.74) is 0.511. The maximum Gasteiger partial charge on any atom is 0.216 e. The van der Waals surface area contributed by atoms with E-state index in [1.807, 2.05) is 0 Å². The van der Waals surface area contributed by atoms with Crippen LogP contribution in [0.25, 0.3) is 0 Å². The third-order valence-corrected chi connectivity index (χ3v) is 3.01. The van der Waals surface area contributed by atoms with Crippen molar-refractivity contribution in [2.75, 3.05) is 13.7 Å². The number of benzene rings is 1. The molecule has 5 nitrogen and oxygen atoms in total. The van der Waals surface area contributed by atoms with Crippen LogP contribution in [0, 0.1) is 0 Å². The topological polar surface area (TPSA) is 78.8 Å². The first-order valence-corrected chi connectivity index (χ1v) is 6.27. The zero-order valence-electron chi connectivity index (χ0n) is 10.9. The maximum absolute atomic E-state index is 10.7. The zero-order chi connectivity index (χ0) is 14.4. The highest BCUT2D eigenvalue weighted by atomic mass is 35.5. The van der Waals surface area contributed by atoms with E-state index in [1.165, 1.54) is 14.0 Å². The molecule has 0 heterocycles. The normalized spacial score (nSPS) is 13.7. The van der Waals surface area contributed by atoms with E-state index in [4.69, 9.17) is 16.3 Å². The Hall–Kier alpha value is -1.30. The summed E-state index contributed by atoms with van der Waals surface area (Å²) in [6.07, 6.45) is -1.77. The molecule has 0 radical (unpaired) electrons. The van der Waals surface area contributed by atoms with Crippen molar-refractivity contribution >= 4 is 17.5 Å². The van der Waals surface area contributed by atoms with Crippen LogP contribution in [-0.4, -0.2) is 35.9 Å². The van der Waals surface area contributed by atoms with Gasteiger partial charge in [-0.1, -0.05) is 17.7 Å². The molecule has 1 aromatic rings. The Bertz CT molecular complexity index is 439. The number of methoxy groups -OCH3 is 1. The molecule has 106 valence electrons. The van der Waals surface area contributed by atoms with Crippen molar-refractivity contribution < 1.29 is 19.7 Å². The second kappa shape index (κ2) is 7.33. The van der Waals surface area contributed by atoms with Crippen molar-refractivity contribution in [1.82, 2.24) is 5.32 Å². The molecular weight excluding hydrogens is 270 g/mol. The van der Waals surface area contributed by atoms with Crippen LogP contribution in [-0.2, 0) is 4.79 Å². The van der Waals surface area contributed by atoms with Gasteiger partial charge in [0.15, 0.2) is 0 Å². The minimum atomic E-state index is -1.06. The van der Waals surface area contributed by atoms with E-state index in [0.29, 0.717) is 22.9 Å². The van der Waals surface area contributed by atoms with Gasteiger partial charge in [-0.05, 0) is 24.1 Å². The number of amides is 1. The summed E-state index contributed by atoms with van der Waals surface area (Å²) in [7, 11) is 1.48. The molecule has 0 aliphatic carbocycles. The van der Waals surface area contributed by atoms with E-state index in [0.717, 1.165) is 0 Å². The van der Waals surface area contributed by atoms with Crippen LogP contribution in [0.3, 0.4) is 0 Å². The molecule has 2 atom stereocenters. The van der Waals surface area contributed by atoms with Gasteiger partial charge in [0, 0.05) is 13.5 Å². The second-order valence-corrected chi connectivity index (χ2v) is 4.59. The van der Waals surface area contributed by atoms with Crippen molar-refractivity contribution in [1.29, 1.82) is 0 Å². The summed E-state index contributed by atoms with van der Waals surface area (Å²) >= 11 is 5.88. The molecule has 0 fully saturated rings. The molecule has 2 unspecified atom stereocenters. The van der Waals surface area contributed by atoms with Crippen LogP contribution < -0.4 is 10.1 Å². The molecule has 0 bridgehead atoms. The molecule has 0 aliphatic rings. The highest BCUT2D eigenvalue weighted by Gasteiger charge is 2.19. The molecule has 3 N–H and O–H groups in total. The number of hydrogen-bond donors (Lipinski definition) is 3. The van der Waals surface area contributed by atoms with Crippen molar-refractivity contribution in [3.63, 3.8) is 0 Å². The summed E-state index contributed by atoms with van der Waals surface area (Å²) < 4.78 is 5.05. The van der Waals surface area contributed by atoms with E-state index in [9.17, 15) is 15.0 Å². The SMILES string of the molecule is COc1cc(C(O)C(O)CCNC(C)=O)ccc1Cl. The first-order chi connectivity index (χ1) is 8.95. The van der Waals surface area contributed by atoms with E-state index >= 15 is 0 Å². The Labute approximate surface area is 117 Å². The molecule has 0 saturated heterocycles. The fourth-order valence-corrected chi connectivity index (χ4v) is 1.83. The van der Waals surface area contributed by atoms with Gasteiger partial charge in [-0.2, -0.15) is 0 Å². The fraction of sp³-hybridized carbons (Fsp3) is 0.462. The number of aliphatic hydroxyl groups excluding tert-OH is 2.